The standard InChI is InChI=1S/C23H19NO2/c1-16-11-13-18(14-12-16)24-21(15-22(25)17-7-3-2-4-8-17)19-9-5-6-10-20(19)23(24)26/h2-14,21H,15H2,1H3. The summed E-state index contributed by atoms with van der Waals surface area (Å²) in [5.74, 6) is -0.00692. The van der Waals surface area contributed by atoms with Gasteiger partial charge in [0.25, 0.3) is 5.91 Å². The summed E-state index contributed by atoms with van der Waals surface area (Å²) in [7, 11) is 0. The van der Waals surface area contributed by atoms with Crippen molar-refractivity contribution < 1.29 is 9.59 Å². The van der Waals surface area contributed by atoms with Crippen LogP contribution in [-0.4, -0.2) is 11.7 Å². The molecule has 0 aromatic heterocycles. The molecular weight excluding hydrogens is 322 g/mol. The van der Waals surface area contributed by atoms with Gasteiger partial charge in [-0.05, 0) is 30.7 Å². The molecule has 26 heavy (non-hydrogen) atoms. The van der Waals surface area contributed by atoms with Crippen molar-refractivity contribution in [2.45, 2.75) is 19.4 Å². The number of Topliss-reactive ketones (excluding diaryl/α,β-unsaturated/α-hetero) is 1. The summed E-state index contributed by atoms with van der Waals surface area (Å²) in [6, 6.07) is 24.4. The first-order valence-electron chi connectivity index (χ1n) is 8.72. The number of carbonyl (C=O) groups excluding carboxylic acids is 2. The second kappa shape index (κ2) is 6.60. The predicted molar refractivity (Wildman–Crippen MR) is 103 cm³/mol. The maximum atomic E-state index is 13.0. The first kappa shape index (κ1) is 16.3. The molecule has 3 aromatic carbocycles. The molecule has 0 saturated heterocycles. The molecule has 3 heteroatoms. The van der Waals surface area contributed by atoms with Crippen LogP contribution < -0.4 is 4.90 Å². The highest BCUT2D eigenvalue weighted by molar-refractivity contribution is 6.12. The predicted octanol–water partition coefficient (Wildman–Crippen LogP) is 4.97. The first-order valence-corrected chi connectivity index (χ1v) is 8.72. The zero-order chi connectivity index (χ0) is 18.1. The Morgan fingerprint density at radius 1 is 0.885 bits per heavy atom. The van der Waals surface area contributed by atoms with E-state index in [9.17, 15) is 9.59 Å². The molecule has 3 aromatic rings. The van der Waals surface area contributed by atoms with Crippen LogP contribution in [-0.2, 0) is 0 Å². The monoisotopic (exact) mass is 341 g/mol. The SMILES string of the molecule is Cc1ccc(N2C(=O)c3ccccc3C2CC(=O)c2ccccc2)cc1. The third-order valence-corrected chi connectivity index (χ3v) is 4.87. The van der Waals surface area contributed by atoms with Gasteiger partial charge in [0.05, 0.1) is 6.04 Å². The number of ketones is 1. The number of benzene rings is 3. The third kappa shape index (κ3) is 2.82. The molecule has 0 saturated carbocycles. The zero-order valence-electron chi connectivity index (χ0n) is 14.6. The molecule has 4 rings (SSSR count). The van der Waals surface area contributed by atoms with Crippen molar-refractivity contribution >= 4 is 17.4 Å². The minimum atomic E-state index is -0.283. The highest BCUT2D eigenvalue weighted by atomic mass is 16.2. The smallest absolute Gasteiger partial charge is 0.259 e. The van der Waals surface area contributed by atoms with E-state index in [1.54, 1.807) is 4.90 Å². The van der Waals surface area contributed by atoms with Crippen LogP contribution in [0.4, 0.5) is 5.69 Å². The van der Waals surface area contributed by atoms with Gasteiger partial charge >= 0.3 is 0 Å². The molecule has 1 unspecified atom stereocenters. The summed E-state index contributed by atoms with van der Waals surface area (Å²) in [5, 5.41) is 0. The summed E-state index contributed by atoms with van der Waals surface area (Å²) in [6.45, 7) is 2.01. The molecule has 0 aliphatic carbocycles. The number of fused-ring (bicyclic) bond motifs is 1. The molecule has 1 heterocycles. The molecular formula is C23H19NO2. The number of rotatable bonds is 4. The minimum absolute atomic E-state index is 0.0391. The average Bonchev–Trinajstić information content (AvgIpc) is 2.95. The van der Waals surface area contributed by atoms with Crippen molar-refractivity contribution in [3.8, 4) is 0 Å². The van der Waals surface area contributed by atoms with E-state index >= 15 is 0 Å². The van der Waals surface area contributed by atoms with Crippen molar-refractivity contribution in [1.29, 1.82) is 0 Å². The van der Waals surface area contributed by atoms with Crippen LogP contribution in [0.2, 0.25) is 0 Å². The van der Waals surface area contributed by atoms with Crippen molar-refractivity contribution in [1.82, 2.24) is 0 Å². The van der Waals surface area contributed by atoms with Crippen LogP contribution in [0, 0.1) is 6.92 Å². The van der Waals surface area contributed by atoms with E-state index in [2.05, 4.69) is 0 Å². The minimum Gasteiger partial charge on any atom is -0.300 e. The van der Waals surface area contributed by atoms with Crippen molar-refractivity contribution in [2.75, 3.05) is 4.90 Å². The number of carbonyl (C=O) groups is 2. The van der Waals surface area contributed by atoms with Crippen molar-refractivity contribution in [2.24, 2.45) is 0 Å². The molecule has 0 N–H and O–H groups in total. The number of hydrogen-bond donors (Lipinski definition) is 0. The maximum Gasteiger partial charge on any atom is 0.259 e. The summed E-state index contributed by atoms with van der Waals surface area (Å²) < 4.78 is 0. The molecule has 1 atom stereocenters. The van der Waals surface area contributed by atoms with Crippen LogP contribution in [0.1, 0.15) is 44.3 Å². The van der Waals surface area contributed by atoms with Gasteiger partial charge in [0.15, 0.2) is 5.78 Å². The summed E-state index contributed by atoms with van der Waals surface area (Å²) in [6.07, 6.45) is 0.265. The average molecular weight is 341 g/mol. The fourth-order valence-electron chi connectivity index (χ4n) is 3.51. The van der Waals surface area contributed by atoms with Gasteiger partial charge in [-0.15, -0.1) is 0 Å². The lowest BCUT2D eigenvalue weighted by molar-refractivity contribution is 0.0960. The Labute approximate surface area is 152 Å². The van der Waals surface area contributed by atoms with Gasteiger partial charge in [-0.1, -0.05) is 66.2 Å². The topological polar surface area (TPSA) is 37.4 Å². The fourth-order valence-corrected chi connectivity index (χ4v) is 3.51. The normalized spacial score (nSPS) is 15.8. The Morgan fingerprint density at radius 2 is 1.54 bits per heavy atom. The van der Waals surface area contributed by atoms with Gasteiger partial charge in [0.2, 0.25) is 0 Å². The first-order chi connectivity index (χ1) is 12.6. The van der Waals surface area contributed by atoms with E-state index in [4.69, 9.17) is 0 Å². The van der Waals surface area contributed by atoms with Crippen LogP contribution in [0.25, 0.3) is 0 Å². The molecule has 0 radical (unpaired) electrons. The maximum absolute atomic E-state index is 13.0. The Hall–Kier alpha value is -3.20. The fraction of sp³-hybridized carbons (Fsp3) is 0.130. The van der Waals surface area contributed by atoms with E-state index in [1.165, 1.54) is 0 Å². The van der Waals surface area contributed by atoms with E-state index in [-0.39, 0.29) is 24.2 Å². The third-order valence-electron chi connectivity index (χ3n) is 4.87. The summed E-state index contributed by atoms with van der Waals surface area (Å²) in [5.41, 5.74) is 4.23. The van der Waals surface area contributed by atoms with Gasteiger partial charge < -0.3 is 4.90 Å². The van der Waals surface area contributed by atoms with Crippen molar-refractivity contribution in [3.05, 3.63) is 101 Å². The van der Waals surface area contributed by atoms with Gasteiger partial charge in [-0.2, -0.15) is 0 Å². The van der Waals surface area contributed by atoms with Crippen LogP contribution in [0.3, 0.4) is 0 Å². The van der Waals surface area contributed by atoms with Crippen LogP contribution >= 0.6 is 0 Å². The molecule has 128 valence electrons. The lowest BCUT2D eigenvalue weighted by Crippen LogP contribution is -2.29. The summed E-state index contributed by atoms with van der Waals surface area (Å²) in [4.78, 5) is 27.6. The van der Waals surface area contributed by atoms with Gasteiger partial charge in [-0.3, -0.25) is 9.59 Å². The van der Waals surface area contributed by atoms with Gasteiger partial charge in [0, 0.05) is 23.2 Å². The second-order valence-corrected chi connectivity index (χ2v) is 6.61. The van der Waals surface area contributed by atoms with Gasteiger partial charge in [-0.25, -0.2) is 0 Å². The Morgan fingerprint density at radius 3 is 2.27 bits per heavy atom. The van der Waals surface area contributed by atoms with Crippen molar-refractivity contribution in [3.63, 3.8) is 0 Å². The molecule has 0 spiro atoms. The molecule has 0 fully saturated rings. The van der Waals surface area contributed by atoms with Gasteiger partial charge in [0.1, 0.15) is 0 Å². The lowest BCUT2D eigenvalue weighted by Gasteiger charge is -2.25. The lowest BCUT2D eigenvalue weighted by atomic mass is 9.97. The van der Waals surface area contributed by atoms with E-state index in [0.29, 0.717) is 11.1 Å². The number of nitrogens with zero attached hydrogens (tertiary/aromatic N) is 1. The second-order valence-electron chi connectivity index (χ2n) is 6.61. The molecule has 1 amide bonds. The largest absolute Gasteiger partial charge is 0.300 e. The highest BCUT2D eigenvalue weighted by Gasteiger charge is 2.38. The molecule has 0 bridgehead atoms. The molecule has 3 nitrogen and oxygen atoms in total. The van der Waals surface area contributed by atoms with E-state index in [1.807, 2.05) is 85.8 Å². The number of aryl methyl sites for hydroxylation is 1. The highest BCUT2D eigenvalue weighted by Crippen LogP contribution is 2.40. The number of hydrogen-bond acceptors (Lipinski definition) is 2. The number of amides is 1. The Kier molecular flexibility index (Phi) is 4.13. The number of anilines is 1. The Bertz CT molecular complexity index is 961. The molecule has 1 aliphatic rings. The molecule has 1 aliphatic heterocycles. The van der Waals surface area contributed by atoms with E-state index in [0.717, 1.165) is 16.8 Å². The zero-order valence-corrected chi connectivity index (χ0v) is 14.6. The van der Waals surface area contributed by atoms with Crippen LogP contribution in [0.15, 0.2) is 78.9 Å². The quantitative estimate of drug-likeness (QED) is 0.628. The summed E-state index contributed by atoms with van der Waals surface area (Å²) >= 11 is 0. The van der Waals surface area contributed by atoms with E-state index < -0.39 is 0 Å². The van der Waals surface area contributed by atoms with Crippen LogP contribution in [0.5, 0.6) is 0 Å². The Balaban J connectivity index is 1.74.